The summed E-state index contributed by atoms with van der Waals surface area (Å²) in [6.07, 6.45) is 1.70. The zero-order valence-electron chi connectivity index (χ0n) is 12.6. The molecule has 0 aliphatic rings. The van der Waals surface area contributed by atoms with Crippen molar-refractivity contribution in [1.29, 1.82) is 0 Å². The lowest BCUT2D eigenvalue weighted by atomic mass is 10.2. The minimum atomic E-state index is -0.378. The number of carbonyl (C=O) groups is 1. The zero-order valence-corrected chi connectivity index (χ0v) is 13.4. The Morgan fingerprint density at radius 2 is 1.83 bits per heavy atom. The highest BCUT2D eigenvalue weighted by atomic mass is 35.5. The van der Waals surface area contributed by atoms with Crippen LogP contribution in [-0.2, 0) is 0 Å². The maximum Gasteiger partial charge on any atom is 0.281 e. The average Bonchev–Trinajstić information content (AvgIpc) is 2.53. The van der Waals surface area contributed by atoms with Crippen LogP contribution in [0, 0.1) is 13.8 Å². The quantitative estimate of drug-likeness (QED) is 0.786. The highest BCUT2D eigenvalue weighted by Gasteiger charge is 2.14. The number of aromatic nitrogens is 2. The van der Waals surface area contributed by atoms with E-state index in [0.717, 1.165) is 5.56 Å². The molecule has 0 atom stereocenters. The fourth-order valence-electron chi connectivity index (χ4n) is 2.29. The molecule has 6 heteroatoms. The number of benzene rings is 1. The summed E-state index contributed by atoms with van der Waals surface area (Å²) in [4.78, 5) is 29.3. The summed E-state index contributed by atoms with van der Waals surface area (Å²) >= 11 is 5.81. The van der Waals surface area contributed by atoms with Crippen LogP contribution in [0.3, 0.4) is 0 Å². The van der Waals surface area contributed by atoms with Crippen molar-refractivity contribution in [3.05, 3.63) is 74.8 Å². The van der Waals surface area contributed by atoms with Crippen LogP contribution < -0.4 is 10.9 Å². The van der Waals surface area contributed by atoms with Gasteiger partial charge in [0.2, 0.25) is 0 Å². The van der Waals surface area contributed by atoms with Gasteiger partial charge in [-0.15, -0.1) is 0 Å². The molecule has 0 bridgehead atoms. The van der Waals surface area contributed by atoms with E-state index in [2.05, 4.69) is 10.3 Å². The predicted molar refractivity (Wildman–Crippen MR) is 90.3 cm³/mol. The molecule has 3 rings (SSSR count). The number of carbonyl (C=O) groups excluding carboxylic acids is 1. The van der Waals surface area contributed by atoms with E-state index in [1.54, 1.807) is 43.5 Å². The largest absolute Gasteiger partial charge is 0.316 e. The van der Waals surface area contributed by atoms with Crippen LogP contribution >= 0.6 is 11.6 Å². The normalized spacial score (nSPS) is 10.7. The van der Waals surface area contributed by atoms with Crippen molar-refractivity contribution in [2.75, 3.05) is 5.32 Å². The second-order valence-electron chi connectivity index (χ2n) is 5.27. The number of nitrogens with zero attached hydrogens (tertiary/aromatic N) is 2. The van der Waals surface area contributed by atoms with Gasteiger partial charge in [-0.1, -0.05) is 17.7 Å². The molecule has 2 heterocycles. The Labute approximate surface area is 137 Å². The molecule has 1 amide bonds. The molecule has 1 aromatic carbocycles. The van der Waals surface area contributed by atoms with Gasteiger partial charge in [-0.3, -0.25) is 14.0 Å². The topological polar surface area (TPSA) is 63.5 Å². The molecule has 0 aliphatic heterocycles. The summed E-state index contributed by atoms with van der Waals surface area (Å²) < 4.78 is 1.43. The Hall–Kier alpha value is -2.66. The molecule has 0 aliphatic carbocycles. The van der Waals surface area contributed by atoms with Crippen LogP contribution in [0.1, 0.15) is 21.6 Å². The molecule has 0 saturated heterocycles. The van der Waals surface area contributed by atoms with E-state index in [9.17, 15) is 9.59 Å². The van der Waals surface area contributed by atoms with E-state index in [4.69, 9.17) is 11.6 Å². The van der Waals surface area contributed by atoms with Gasteiger partial charge in [0.25, 0.3) is 11.5 Å². The summed E-state index contributed by atoms with van der Waals surface area (Å²) in [6, 6.07) is 10.1. The Bertz CT molecular complexity index is 962. The minimum Gasteiger partial charge on any atom is -0.316 e. The van der Waals surface area contributed by atoms with Crippen LogP contribution in [0.2, 0.25) is 5.02 Å². The van der Waals surface area contributed by atoms with E-state index < -0.39 is 0 Å². The first-order valence-electron chi connectivity index (χ1n) is 7.02. The minimum absolute atomic E-state index is 0.174. The molecular weight excluding hydrogens is 314 g/mol. The van der Waals surface area contributed by atoms with Gasteiger partial charge in [0.1, 0.15) is 11.3 Å². The van der Waals surface area contributed by atoms with Crippen LogP contribution in [0.5, 0.6) is 0 Å². The number of anilines is 1. The second kappa shape index (κ2) is 5.85. The molecule has 3 aromatic rings. The Balaban J connectivity index is 2.04. The van der Waals surface area contributed by atoms with Gasteiger partial charge >= 0.3 is 0 Å². The molecule has 0 unspecified atom stereocenters. The van der Waals surface area contributed by atoms with E-state index in [0.29, 0.717) is 21.9 Å². The molecule has 0 spiro atoms. The SMILES string of the molecule is Cc1ccc2nc(C)c(NC(=O)c3ccc(Cl)cc3)c(=O)n2c1. The standard InChI is InChI=1S/C17H14ClN3O2/c1-10-3-8-14-19-11(2)15(17(23)21(14)9-10)20-16(22)12-4-6-13(18)7-5-12/h3-9H,1-2H3,(H,20,22). The van der Waals surface area contributed by atoms with Gasteiger partial charge in [-0.05, 0) is 49.7 Å². The number of rotatable bonds is 2. The van der Waals surface area contributed by atoms with Crippen LogP contribution in [-0.4, -0.2) is 15.3 Å². The fraction of sp³-hybridized carbons (Fsp3) is 0.118. The Kier molecular flexibility index (Phi) is 3.88. The lowest BCUT2D eigenvalue weighted by molar-refractivity contribution is 0.102. The van der Waals surface area contributed by atoms with E-state index in [1.165, 1.54) is 4.40 Å². The van der Waals surface area contributed by atoms with Gasteiger partial charge in [0.05, 0.1) is 5.69 Å². The zero-order chi connectivity index (χ0) is 16.6. The fourth-order valence-corrected chi connectivity index (χ4v) is 2.41. The maximum atomic E-state index is 12.6. The molecule has 5 nitrogen and oxygen atoms in total. The number of pyridine rings is 1. The Morgan fingerprint density at radius 1 is 1.13 bits per heavy atom. The number of nitrogens with one attached hydrogen (secondary N) is 1. The molecule has 1 N–H and O–H groups in total. The first kappa shape index (κ1) is 15.2. The van der Waals surface area contributed by atoms with Crippen molar-refractivity contribution in [3.63, 3.8) is 0 Å². The Morgan fingerprint density at radius 3 is 2.52 bits per heavy atom. The number of aryl methyl sites for hydroxylation is 2. The lowest BCUT2D eigenvalue weighted by Crippen LogP contribution is -2.25. The summed E-state index contributed by atoms with van der Waals surface area (Å²) in [5.41, 5.74) is 2.23. The summed E-state index contributed by atoms with van der Waals surface area (Å²) in [7, 11) is 0. The first-order chi connectivity index (χ1) is 11.0. The smallest absolute Gasteiger partial charge is 0.281 e. The van der Waals surface area contributed by atoms with Crippen molar-refractivity contribution in [2.45, 2.75) is 13.8 Å². The van der Waals surface area contributed by atoms with Crippen molar-refractivity contribution in [2.24, 2.45) is 0 Å². The maximum absolute atomic E-state index is 12.6. The third-order valence-corrected chi connectivity index (χ3v) is 3.75. The van der Waals surface area contributed by atoms with E-state index >= 15 is 0 Å². The monoisotopic (exact) mass is 327 g/mol. The molecular formula is C17H14ClN3O2. The second-order valence-corrected chi connectivity index (χ2v) is 5.71. The van der Waals surface area contributed by atoms with Gasteiger partial charge in [0, 0.05) is 16.8 Å². The lowest BCUT2D eigenvalue weighted by Gasteiger charge is -2.10. The van der Waals surface area contributed by atoms with Crippen molar-refractivity contribution < 1.29 is 4.79 Å². The number of amides is 1. The summed E-state index contributed by atoms with van der Waals surface area (Å²) in [5.74, 6) is -0.378. The summed E-state index contributed by atoms with van der Waals surface area (Å²) in [6.45, 7) is 3.58. The third-order valence-electron chi connectivity index (χ3n) is 3.50. The van der Waals surface area contributed by atoms with Gasteiger partial charge in [-0.25, -0.2) is 4.98 Å². The van der Waals surface area contributed by atoms with Crippen LogP contribution in [0.15, 0.2) is 47.4 Å². The highest BCUT2D eigenvalue weighted by molar-refractivity contribution is 6.30. The van der Waals surface area contributed by atoms with E-state index in [-0.39, 0.29) is 17.2 Å². The first-order valence-corrected chi connectivity index (χ1v) is 7.40. The van der Waals surface area contributed by atoms with Gasteiger partial charge in [0.15, 0.2) is 0 Å². The van der Waals surface area contributed by atoms with Gasteiger partial charge < -0.3 is 5.32 Å². The van der Waals surface area contributed by atoms with Crippen molar-refractivity contribution in [3.8, 4) is 0 Å². The predicted octanol–water partition coefficient (Wildman–Crippen LogP) is 3.22. The average molecular weight is 328 g/mol. The van der Waals surface area contributed by atoms with E-state index in [1.807, 2.05) is 13.0 Å². The number of halogens is 1. The third kappa shape index (κ3) is 2.96. The van der Waals surface area contributed by atoms with Crippen LogP contribution in [0.25, 0.3) is 5.65 Å². The molecule has 0 radical (unpaired) electrons. The number of hydrogen-bond acceptors (Lipinski definition) is 3. The van der Waals surface area contributed by atoms with Crippen LogP contribution in [0.4, 0.5) is 5.69 Å². The number of fused-ring (bicyclic) bond motifs is 1. The number of hydrogen-bond donors (Lipinski definition) is 1. The molecule has 0 saturated carbocycles. The highest BCUT2D eigenvalue weighted by Crippen LogP contribution is 2.13. The molecule has 116 valence electrons. The van der Waals surface area contributed by atoms with Crippen molar-refractivity contribution >= 4 is 28.8 Å². The van der Waals surface area contributed by atoms with Gasteiger partial charge in [-0.2, -0.15) is 0 Å². The molecule has 23 heavy (non-hydrogen) atoms. The van der Waals surface area contributed by atoms with Crippen molar-refractivity contribution in [1.82, 2.24) is 9.38 Å². The molecule has 2 aromatic heterocycles. The summed E-state index contributed by atoms with van der Waals surface area (Å²) in [5, 5.41) is 3.19. The molecule has 0 fully saturated rings.